The number of benzene rings is 1. The van der Waals surface area contributed by atoms with Crippen LogP contribution in [0, 0.1) is 5.92 Å². The van der Waals surface area contributed by atoms with E-state index in [4.69, 9.17) is 17.3 Å². The van der Waals surface area contributed by atoms with E-state index in [9.17, 15) is 4.79 Å². The summed E-state index contributed by atoms with van der Waals surface area (Å²) in [6.07, 6.45) is 3.54. The van der Waals surface area contributed by atoms with Gasteiger partial charge in [0.05, 0.1) is 16.8 Å². The number of para-hydroxylation sites is 1. The monoisotopic (exact) mass is 307 g/mol. The average Bonchev–Trinajstić information content (AvgIpc) is 2.91. The van der Waals surface area contributed by atoms with Gasteiger partial charge in [-0.1, -0.05) is 31.5 Å². The van der Waals surface area contributed by atoms with Crippen molar-refractivity contribution in [2.75, 3.05) is 5.32 Å². The number of halogens is 1. The van der Waals surface area contributed by atoms with Crippen molar-refractivity contribution in [3.05, 3.63) is 35.9 Å². The summed E-state index contributed by atoms with van der Waals surface area (Å²) in [5, 5.41) is 7.32. The van der Waals surface area contributed by atoms with Crippen LogP contribution in [0.1, 0.15) is 20.3 Å². The minimum atomic E-state index is -0.562. The highest BCUT2D eigenvalue weighted by Gasteiger charge is 2.18. The molecule has 1 amide bonds. The van der Waals surface area contributed by atoms with Gasteiger partial charge < -0.3 is 11.1 Å². The quantitative estimate of drug-likeness (QED) is 0.887. The maximum Gasteiger partial charge on any atom is 0.241 e. The molecular weight excluding hydrogens is 290 g/mol. The van der Waals surface area contributed by atoms with E-state index in [1.54, 1.807) is 18.2 Å². The van der Waals surface area contributed by atoms with Crippen molar-refractivity contribution in [2.24, 2.45) is 11.7 Å². The minimum Gasteiger partial charge on any atom is -0.323 e. The number of nitrogens with zero attached hydrogens (tertiary/aromatic N) is 3. The van der Waals surface area contributed by atoms with Crippen molar-refractivity contribution in [2.45, 2.75) is 26.3 Å². The molecule has 3 N–H and O–H groups in total. The van der Waals surface area contributed by atoms with Gasteiger partial charge in [-0.05, 0) is 24.5 Å². The molecule has 0 saturated heterocycles. The maximum atomic E-state index is 12.2. The van der Waals surface area contributed by atoms with E-state index in [0.29, 0.717) is 28.7 Å². The Labute approximate surface area is 128 Å². The number of carbonyl (C=O) groups excluding carboxylic acids is 1. The maximum absolute atomic E-state index is 12.2. The molecule has 0 saturated carbocycles. The highest BCUT2D eigenvalue weighted by molar-refractivity contribution is 6.33. The first-order valence-corrected chi connectivity index (χ1v) is 7.06. The lowest BCUT2D eigenvalue weighted by Crippen LogP contribution is -2.36. The van der Waals surface area contributed by atoms with Gasteiger partial charge in [-0.3, -0.25) is 4.79 Å². The standard InChI is InChI=1S/C14H18ClN5O/c1-9(2)6-11(16)14(21)19-12-5-3-4-10(15)13(12)20-8-17-7-18-20/h3-5,7-9,11H,6,16H2,1-2H3,(H,19,21)/t11-/m0/s1. The van der Waals surface area contributed by atoms with Crippen molar-refractivity contribution in [1.82, 2.24) is 14.8 Å². The summed E-state index contributed by atoms with van der Waals surface area (Å²) >= 11 is 6.20. The van der Waals surface area contributed by atoms with Crippen LogP contribution in [0.2, 0.25) is 5.02 Å². The molecule has 1 atom stereocenters. The SMILES string of the molecule is CC(C)C[C@H](N)C(=O)Nc1cccc(Cl)c1-n1cncn1. The number of hydrogen-bond donors (Lipinski definition) is 2. The first kappa shape index (κ1) is 15.5. The largest absolute Gasteiger partial charge is 0.323 e. The lowest BCUT2D eigenvalue weighted by atomic mass is 10.0. The first-order valence-electron chi connectivity index (χ1n) is 6.69. The van der Waals surface area contributed by atoms with Gasteiger partial charge in [0.25, 0.3) is 0 Å². The second-order valence-corrected chi connectivity index (χ2v) is 5.61. The molecule has 112 valence electrons. The van der Waals surface area contributed by atoms with Gasteiger partial charge in [0, 0.05) is 0 Å². The third kappa shape index (κ3) is 3.80. The van der Waals surface area contributed by atoms with Crippen LogP contribution in [0.25, 0.3) is 5.69 Å². The van der Waals surface area contributed by atoms with E-state index in [1.165, 1.54) is 17.3 Å². The number of hydrogen-bond acceptors (Lipinski definition) is 4. The summed E-state index contributed by atoms with van der Waals surface area (Å²) in [5.74, 6) is 0.104. The zero-order chi connectivity index (χ0) is 15.4. The zero-order valence-corrected chi connectivity index (χ0v) is 12.7. The predicted molar refractivity (Wildman–Crippen MR) is 82.4 cm³/mol. The zero-order valence-electron chi connectivity index (χ0n) is 12.0. The summed E-state index contributed by atoms with van der Waals surface area (Å²) < 4.78 is 1.51. The van der Waals surface area contributed by atoms with Crippen LogP contribution < -0.4 is 11.1 Å². The topological polar surface area (TPSA) is 85.8 Å². The molecule has 6 nitrogen and oxygen atoms in total. The molecule has 21 heavy (non-hydrogen) atoms. The summed E-state index contributed by atoms with van der Waals surface area (Å²) in [6.45, 7) is 4.04. The Balaban J connectivity index is 2.25. The van der Waals surface area contributed by atoms with Crippen LogP contribution in [0.3, 0.4) is 0 Å². The number of nitrogens with two attached hydrogens (primary N) is 1. The summed E-state index contributed by atoms with van der Waals surface area (Å²) in [7, 11) is 0. The van der Waals surface area contributed by atoms with Crippen molar-refractivity contribution in [1.29, 1.82) is 0 Å². The van der Waals surface area contributed by atoms with Crippen molar-refractivity contribution in [3.8, 4) is 5.69 Å². The smallest absolute Gasteiger partial charge is 0.241 e. The van der Waals surface area contributed by atoms with E-state index in [-0.39, 0.29) is 5.91 Å². The fourth-order valence-electron chi connectivity index (χ4n) is 2.01. The fraction of sp³-hybridized carbons (Fsp3) is 0.357. The van der Waals surface area contributed by atoms with Crippen LogP contribution in [-0.2, 0) is 4.79 Å². The molecule has 1 aromatic carbocycles. The lowest BCUT2D eigenvalue weighted by molar-refractivity contribution is -0.117. The molecule has 1 heterocycles. The first-order chi connectivity index (χ1) is 9.99. The van der Waals surface area contributed by atoms with Crippen molar-refractivity contribution < 1.29 is 4.79 Å². The number of carbonyl (C=O) groups is 1. The van der Waals surface area contributed by atoms with Gasteiger partial charge in [0.2, 0.25) is 5.91 Å². The van der Waals surface area contributed by atoms with Gasteiger partial charge in [0.1, 0.15) is 18.3 Å². The molecule has 2 rings (SSSR count). The third-order valence-corrected chi connectivity index (χ3v) is 3.26. The highest BCUT2D eigenvalue weighted by atomic mass is 35.5. The predicted octanol–water partition coefficient (Wildman–Crippen LogP) is 2.23. The van der Waals surface area contributed by atoms with Crippen molar-refractivity contribution >= 4 is 23.2 Å². The molecule has 0 spiro atoms. The Morgan fingerprint density at radius 1 is 1.48 bits per heavy atom. The van der Waals surface area contributed by atoms with Crippen LogP contribution >= 0.6 is 11.6 Å². The molecule has 0 unspecified atom stereocenters. The fourth-order valence-corrected chi connectivity index (χ4v) is 2.27. The highest BCUT2D eigenvalue weighted by Crippen LogP contribution is 2.27. The Kier molecular flexibility index (Phi) is 4.93. The van der Waals surface area contributed by atoms with E-state index in [1.807, 2.05) is 13.8 Å². The average molecular weight is 308 g/mol. The van der Waals surface area contributed by atoms with Crippen LogP contribution in [0.15, 0.2) is 30.9 Å². The Morgan fingerprint density at radius 3 is 2.86 bits per heavy atom. The number of anilines is 1. The second kappa shape index (κ2) is 6.69. The number of amides is 1. The molecule has 7 heteroatoms. The Morgan fingerprint density at radius 2 is 2.24 bits per heavy atom. The van der Waals surface area contributed by atoms with Crippen LogP contribution in [0.4, 0.5) is 5.69 Å². The molecule has 0 aliphatic heterocycles. The minimum absolute atomic E-state index is 0.243. The van der Waals surface area contributed by atoms with Gasteiger partial charge >= 0.3 is 0 Å². The van der Waals surface area contributed by atoms with Gasteiger partial charge in [-0.25, -0.2) is 9.67 Å². The molecular formula is C14H18ClN5O. The number of aromatic nitrogens is 3. The molecule has 0 radical (unpaired) electrons. The van der Waals surface area contributed by atoms with Gasteiger partial charge in [-0.2, -0.15) is 5.10 Å². The number of rotatable bonds is 5. The van der Waals surface area contributed by atoms with Crippen LogP contribution in [0.5, 0.6) is 0 Å². The van der Waals surface area contributed by atoms with E-state index in [0.717, 1.165) is 0 Å². The lowest BCUT2D eigenvalue weighted by Gasteiger charge is -2.16. The molecule has 0 fully saturated rings. The van der Waals surface area contributed by atoms with E-state index < -0.39 is 6.04 Å². The molecule has 2 aromatic rings. The summed E-state index contributed by atoms with van der Waals surface area (Å²) in [6, 6.07) is 4.67. The molecule has 0 aliphatic carbocycles. The second-order valence-electron chi connectivity index (χ2n) is 5.20. The molecule has 0 bridgehead atoms. The van der Waals surface area contributed by atoms with Crippen LogP contribution in [-0.4, -0.2) is 26.7 Å². The summed E-state index contributed by atoms with van der Waals surface area (Å²) in [5.41, 5.74) is 7.02. The summed E-state index contributed by atoms with van der Waals surface area (Å²) in [4.78, 5) is 16.0. The Bertz CT molecular complexity index is 612. The van der Waals surface area contributed by atoms with E-state index >= 15 is 0 Å². The normalized spacial score (nSPS) is 12.4. The van der Waals surface area contributed by atoms with Gasteiger partial charge in [-0.15, -0.1) is 0 Å². The Hall–Kier alpha value is -1.92. The van der Waals surface area contributed by atoms with E-state index in [2.05, 4.69) is 15.4 Å². The van der Waals surface area contributed by atoms with Crippen molar-refractivity contribution in [3.63, 3.8) is 0 Å². The molecule has 0 aliphatic rings. The third-order valence-electron chi connectivity index (χ3n) is 2.95. The van der Waals surface area contributed by atoms with Gasteiger partial charge in [0.15, 0.2) is 0 Å². The molecule has 1 aromatic heterocycles. The number of nitrogens with one attached hydrogen (secondary N) is 1.